The Morgan fingerprint density at radius 3 is 2.69 bits per heavy atom. The van der Waals surface area contributed by atoms with Crippen LogP contribution in [0.15, 0.2) is 18.2 Å². The maximum Gasteiger partial charge on any atom is 0.416 e. The number of rotatable bonds is 4. The largest absolute Gasteiger partial charge is 0.416 e. The molecule has 136 valence electrons. The first-order chi connectivity index (χ1) is 12.5. The van der Waals surface area contributed by atoms with Crippen molar-refractivity contribution in [3.63, 3.8) is 0 Å². The van der Waals surface area contributed by atoms with Gasteiger partial charge in [-0.25, -0.2) is 9.78 Å². The van der Waals surface area contributed by atoms with E-state index in [9.17, 15) is 9.59 Å². The van der Waals surface area contributed by atoms with E-state index in [2.05, 4.69) is 30.1 Å². The summed E-state index contributed by atoms with van der Waals surface area (Å²) in [5.41, 5.74) is 4.08. The maximum absolute atomic E-state index is 12.3. The maximum atomic E-state index is 12.3. The van der Waals surface area contributed by atoms with E-state index in [1.54, 1.807) is 4.90 Å². The van der Waals surface area contributed by atoms with Crippen molar-refractivity contribution in [3.05, 3.63) is 34.9 Å². The second kappa shape index (κ2) is 6.59. The summed E-state index contributed by atoms with van der Waals surface area (Å²) < 4.78 is 5.48. The Balaban J connectivity index is 1.49. The summed E-state index contributed by atoms with van der Waals surface area (Å²) in [4.78, 5) is 32.1. The molecular weight excluding hydrogens is 330 g/mol. The van der Waals surface area contributed by atoms with Gasteiger partial charge in [-0.1, -0.05) is 11.6 Å². The monoisotopic (exact) mass is 353 g/mol. The fourth-order valence-corrected chi connectivity index (χ4v) is 3.86. The van der Waals surface area contributed by atoms with Gasteiger partial charge in [0.15, 0.2) is 0 Å². The molecule has 1 aromatic heterocycles. The van der Waals surface area contributed by atoms with Crippen LogP contribution in [0.1, 0.15) is 36.0 Å². The molecule has 26 heavy (non-hydrogen) atoms. The van der Waals surface area contributed by atoms with Gasteiger partial charge in [0, 0.05) is 37.0 Å². The molecule has 0 atom stereocenters. The van der Waals surface area contributed by atoms with Gasteiger partial charge in [-0.3, -0.25) is 4.79 Å². The van der Waals surface area contributed by atoms with Crippen LogP contribution in [-0.2, 0) is 11.3 Å². The minimum absolute atomic E-state index is 0.220. The van der Waals surface area contributed by atoms with Crippen LogP contribution in [0.4, 0.5) is 4.79 Å². The number of pyridine rings is 1. The Labute approximate surface area is 152 Å². The van der Waals surface area contributed by atoms with Gasteiger partial charge < -0.3 is 14.5 Å². The van der Waals surface area contributed by atoms with Gasteiger partial charge in [0.2, 0.25) is 11.8 Å². The Morgan fingerprint density at radius 2 is 1.92 bits per heavy atom. The zero-order valence-corrected chi connectivity index (χ0v) is 15.2. The van der Waals surface area contributed by atoms with Gasteiger partial charge >= 0.3 is 6.09 Å². The normalized spacial score (nSPS) is 17.0. The highest BCUT2D eigenvalue weighted by atomic mass is 16.6. The number of fused-ring (bicyclic) bond motifs is 2. The number of hydrogen-bond acceptors (Lipinski definition) is 4. The lowest BCUT2D eigenvalue weighted by Gasteiger charge is -2.28. The summed E-state index contributed by atoms with van der Waals surface area (Å²) in [6.07, 6.45) is 1.99. The van der Waals surface area contributed by atoms with Crippen LogP contribution in [0.3, 0.4) is 0 Å². The molecule has 1 saturated heterocycles. The van der Waals surface area contributed by atoms with Crippen LogP contribution < -0.4 is 4.74 Å². The molecule has 0 spiro atoms. The molecule has 6 heteroatoms. The number of aryl methyl sites for hydroxylation is 2. The Morgan fingerprint density at radius 1 is 1.12 bits per heavy atom. The SMILES string of the molecule is Cc1cc(C)c2nc3c(cc2c1)CN(CCCN1CCCC1=O)C(=O)O3. The predicted molar refractivity (Wildman–Crippen MR) is 98.1 cm³/mol. The van der Waals surface area contributed by atoms with Crippen molar-refractivity contribution >= 4 is 22.9 Å². The number of nitrogens with zero attached hydrogens (tertiary/aromatic N) is 3. The third-order valence-corrected chi connectivity index (χ3v) is 5.12. The molecule has 0 N–H and O–H groups in total. The van der Waals surface area contributed by atoms with Crippen molar-refractivity contribution in [1.29, 1.82) is 0 Å². The van der Waals surface area contributed by atoms with E-state index in [-0.39, 0.29) is 12.0 Å². The van der Waals surface area contributed by atoms with Gasteiger partial charge in [-0.15, -0.1) is 0 Å². The van der Waals surface area contributed by atoms with Crippen LogP contribution in [0.25, 0.3) is 10.9 Å². The number of amides is 2. The van der Waals surface area contributed by atoms with Crippen molar-refractivity contribution < 1.29 is 14.3 Å². The van der Waals surface area contributed by atoms with Gasteiger partial charge in [0.05, 0.1) is 12.1 Å². The number of carbonyl (C=O) groups excluding carboxylic acids is 2. The van der Waals surface area contributed by atoms with E-state index in [1.807, 2.05) is 11.8 Å². The van der Waals surface area contributed by atoms with Crippen molar-refractivity contribution in [2.45, 2.75) is 39.7 Å². The Hall–Kier alpha value is -2.63. The molecule has 2 aliphatic heterocycles. The zero-order chi connectivity index (χ0) is 18.3. The summed E-state index contributed by atoms with van der Waals surface area (Å²) in [5, 5.41) is 1.07. The molecule has 6 nitrogen and oxygen atoms in total. The summed E-state index contributed by atoms with van der Waals surface area (Å²) in [5.74, 6) is 0.637. The molecule has 2 amide bonds. The molecule has 2 aliphatic rings. The topological polar surface area (TPSA) is 62.7 Å². The molecule has 0 saturated carbocycles. The van der Waals surface area contributed by atoms with E-state index in [1.165, 1.54) is 5.56 Å². The first kappa shape index (κ1) is 16.8. The molecule has 2 aromatic rings. The minimum atomic E-state index is -0.359. The summed E-state index contributed by atoms with van der Waals surface area (Å²) in [7, 11) is 0. The molecule has 3 heterocycles. The van der Waals surface area contributed by atoms with Gasteiger partial charge in [0.1, 0.15) is 0 Å². The van der Waals surface area contributed by atoms with Crippen molar-refractivity contribution in [2.75, 3.05) is 19.6 Å². The minimum Gasteiger partial charge on any atom is -0.391 e. The lowest BCUT2D eigenvalue weighted by molar-refractivity contribution is -0.127. The average Bonchev–Trinajstić information content (AvgIpc) is 2.99. The number of likely N-dealkylation sites (tertiary alicyclic amines) is 1. The highest BCUT2D eigenvalue weighted by Gasteiger charge is 2.27. The van der Waals surface area contributed by atoms with E-state index in [4.69, 9.17) is 4.74 Å². The van der Waals surface area contributed by atoms with Crippen LogP contribution >= 0.6 is 0 Å². The molecular formula is C20H23N3O3. The Bertz CT molecular complexity index is 893. The van der Waals surface area contributed by atoms with E-state index in [0.717, 1.165) is 41.4 Å². The van der Waals surface area contributed by atoms with Gasteiger partial charge in [-0.05, 0) is 44.4 Å². The van der Waals surface area contributed by atoms with Crippen molar-refractivity contribution in [3.8, 4) is 5.88 Å². The summed E-state index contributed by atoms with van der Waals surface area (Å²) in [6.45, 7) is 6.69. The van der Waals surface area contributed by atoms with Crippen LogP contribution in [0.5, 0.6) is 5.88 Å². The molecule has 0 radical (unpaired) electrons. The molecule has 0 bridgehead atoms. The predicted octanol–water partition coefficient (Wildman–Crippen LogP) is 3.18. The van der Waals surface area contributed by atoms with Crippen LogP contribution in [-0.4, -0.2) is 46.4 Å². The number of benzene rings is 1. The molecule has 4 rings (SSSR count). The standard InChI is InChI=1S/C20H23N3O3/c1-13-9-14(2)18-15(10-13)11-16-12-23(20(25)26-19(16)21-18)8-4-7-22-6-3-5-17(22)24/h9-11H,3-8,12H2,1-2H3. The first-order valence-corrected chi connectivity index (χ1v) is 9.16. The average molecular weight is 353 g/mol. The van der Waals surface area contributed by atoms with E-state index >= 15 is 0 Å². The summed E-state index contributed by atoms with van der Waals surface area (Å²) >= 11 is 0. The quantitative estimate of drug-likeness (QED) is 0.847. The lowest BCUT2D eigenvalue weighted by atomic mass is 10.0. The third-order valence-electron chi connectivity index (χ3n) is 5.12. The number of aromatic nitrogens is 1. The first-order valence-electron chi connectivity index (χ1n) is 9.16. The molecule has 1 aromatic carbocycles. The van der Waals surface area contributed by atoms with Gasteiger partial charge in [-0.2, -0.15) is 0 Å². The zero-order valence-electron chi connectivity index (χ0n) is 15.2. The number of carbonyl (C=O) groups is 2. The van der Waals surface area contributed by atoms with E-state index in [0.29, 0.717) is 31.9 Å². The third kappa shape index (κ3) is 3.11. The highest BCUT2D eigenvalue weighted by molar-refractivity contribution is 5.85. The van der Waals surface area contributed by atoms with Crippen molar-refractivity contribution in [2.24, 2.45) is 0 Å². The molecule has 0 aliphatic carbocycles. The summed E-state index contributed by atoms with van der Waals surface area (Å²) in [6, 6.07) is 6.26. The van der Waals surface area contributed by atoms with Gasteiger partial charge in [0.25, 0.3) is 0 Å². The van der Waals surface area contributed by atoms with Crippen LogP contribution in [0, 0.1) is 13.8 Å². The van der Waals surface area contributed by atoms with E-state index < -0.39 is 0 Å². The fourth-order valence-electron chi connectivity index (χ4n) is 3.86. The van der Waals surface area contributed by atoms with Crippen molar-refractivity contribution in [1.82, 2.24) is 14.8 Å². The second-order valence-corrected chi connectivity index (χ2v) is 7.23. The second-order valence-electron chi connectivity index (χ2n) is 7.23. The number of ether oxygens (including phenoxy) is 1. The molecule has 1 fully saturated rings. The fraction of sp³-hybridized carbons (Fsp3) is 0.450. The lowest BCUT2D eigenvalue weighted by Crippen LogP contribution is -2.39. The molecule has 0 unspecified atom stereocenters. The Kier molecular flexibility index (Phi) is 4.26. The smallest absolute Gasteiger partial charge is 0.391 e. The number of hydrogen-bond donors (Lipinski definition) is 0. The van der Waals surface area contributed by atoms with Crippen LogP contribution in [0.2, 0.25) is 0 Å². The highest BCUT2D eigenvalue weighted by Crippen LogP contribution is 2.30.